The quantitative estimate of drug-likeness (QED) is 0.600. The summed E-state index contributed by atoms with van der Waals surface area (Å²) in [6.45, 7) is 9.46. The van der Waals surface area contributed by atoms with Crippen LogP contribution in [0.25, 0.3) is 6.08 Å². The highest BCUT2D eigenvalue weighted by molar-refractivity contribution is 8.18. The molecule has 0 spiro atoms. The molecule has 5 nitrogen and oxygen atoms in total. The number of carbonyl (C=O) groups is 3. The van der Waals surface area contributed by atoms with E-state index in [-0.39, 0.29) is 18.1 Å². The predicted molar refractivity (Wildman–Crippen MR) is 99.0 cm³/mol. The van der Waals surface area contributed by atoms with Crippen molar-refractivity contribution < 1.29 is 19.1 Å². The zero-order chi connectivity index (χ0) is 18.8. The summed E-state index contributed by atoms with van der Waals surface area (Å²) in [5.41, 5.74) is 2.07. The number of thioether (sulfide) groups is 1. The summed E-state index contributed by atoms with van der Waals surface area (Å²) in [4.78, 5) is 37.3. The Balaban J connectivity index is 2.13. The molecule has 25 heavy (non-hydrogen) atoms. The molecule has 6 heteroatoms. The molecule has 1 aromatic rings. The molecular weight excluding hydrogens is 338 g/mol. The van der Waals surface area contributed by atoms with E-state index in [2.05, 4.69) is 20.8 Å². The molecule has 1 saturated heterocycles. The number of ether oxygens (including phenoxy) is 1. The van der Waals surface area contributed by atoms with Crippen LogP contribution in [0, 0.1) is 0 Å². The number of nitrogens with zero attached hydrogens (tertiary/aromatic N) is 1. The second-order valence-corrected chi connectivity index (χ2v) is 8.17. The lowest BCUT2D eigenvalue weighted by molar-refractivity contribution is -0.149. The number of imide groups is 1. The largest absolute Gasteiger partial charge is 0.462 e. The Hall–Kier alpha value is -2.08. The van der Waals surface area contributed by atoms with Gasteiger partial charge in [-0.3, -0.25) is 19.3 Å². The van der Waals surface area contributed by atoms with Gasteiger partial charge in [0.2, 0.25) is 0 Å². The van der Waals surface area contributed by atoms with Gasteiger partial charge in [-0.1, -0.05) is 45.0 Å². The summed E-state index contributed by atoms with van der Waals surface area (Å²) < 4.78 is 4.99. The van der Waals surface area contributed by atoms with Gasteiger partial charge in [0.25, 0.3) is 11.1 Å². The highest BCUT2D eigenvalue weighted by Crippen LogP contribution is 2.32. The van der Waals surface area contributed by atoms with E-state index < -0.39 is 17.1 Å². The Morgan fingerprint density at radius 1 is 1.20 bits per heavy atom. The summed E-state index contributed by atoms with van der Waals surface area (Å²) >= 11 is 0.838. The zero-order valence-corrected chi connectivity index (χ0v) is 16.0. The highest BCUT2D eigenvalue weighted by Gasteiger charge is 2.36. The van der Waals surface area contributed by atoms with E-state index >= 15 is 0 Å². The first-order valence-corrected chi connectivity index (χ1v) is 8.95. The standard InChI is InChI=1S/C19H23NO4S/c1-12(2)24-16(21)11-20-17(22)15(25-18(20)23)10-13-6-8-14(9-7-13)19(3,4)5/h6-10,12H,11H2,1-5H3/b15-10+. The number of esters is 1. The van der Waals surface area contributed by atoms with Gasteiger partial charge in [-0.25, -0.2) is 0 Å². The van der Waals surface area contributed by atoms with E-state index in [0.29, 0.717) is 4.91 Å². The van der Waals surface area contributed by atoms with Crippen molar-refractivity contribution >= 4 is 35.0 Å². The second-order valence-electron chi connectivity index (χ2n) is 7.18. The molecule has 1 aliphatic rings. The van der Waals surface area contributed by atoms with Gasteiger partial charge in [0.1, 0.15) is 6.54 Å². The predicted octanol–water partition coefficient (Wildman–Crippen LogP) is 3.97. The Morgan fingerprint density at radius 2 is 1.80 bits per heavy atom. The van der Waals surface area contributed by atoms with Crippen molar-refractivity contribution in [3.63, 3.8) is 0 Å². The molecule has 0 radical (unpaired) electrons. The van der Waals surface area contributed by atoms with Crippen molar-refractivity contribution in [1.29, 1.82) is 0 Å². The Labute approximate surface area is 152 Å². The van der Waals surface area contributed by atoms with E-state index in [1.807, 2.05) is 24.3 Å². The number of hydrogen-bond acceptors (Lipinski definition) is 5. The topological polar surface area (TPSA) is 63.7 Å². The van der Waals surface area contributed by atoms with Crippen LogP contribution < -0.4 is 0 Å². The molecule has 1 aliphatic heterocycles. The number of benzene rings is 1. The summed E-state index contributed by atoms with van der Waals surface area (Å²) in [7, 11) is 0. The van der Waals surface area contributed by atoms with Gasteiger partial charge >= 0.3 is 5.97 Å². The third-order valence-corrected chi connectivity index (χ3v) is 4.51. The zero-order valence-electron chi connectivity index (χ0n) is 15.2. The number of hydrogen-bond donors (Lipinski definition) is 0. The molecule has 0 saturated carbocycles. The average Bonchev–Trinajstić information content (AvgIpc) is 2.74. The summed E-state index contributed by atoms with van der Waals surface area (Å²) in [5.74, 6) is -1.05. The van der Waals surface area contributed by atoms with E-state index in [1.54, 1.807) is 19.9 Å². The van der Waals surface area contributed by atoms with Crippen molar-refractivity contribution in [3.8, 4) is 0 Å². The minimum Gasteiger partial charge on any atom is -0.462 e. The van der Waals surface area contributed by atoms with Gasteiger partial charge in [0, 0.05) is 0 Å². The number of carbonyl (C=O) groups excluding carboxylic acids is 3. The molecule has 134 valence electrons. The molecule has 2 rings (SSSR count). The highest BCUT2D eigenvalue weighted by atomic mass is 32.2. The summed E-state index contributed by atoms with van der Waals surface area (Å²) in [5, 5.41) is -0.455. The van der Waals surface area contributed by atoms with Crippen molar-refractivity contribution in [3.05, 3.63) is 40.3 Å². The van der Waals surface area contributed by atoms with Crippen LogP contribution in [0.3, 0.4) is 0 Å². The summed E-state index contributed by atoms with van der Waals surface area (Å²) in [6.07, 6.45) is 1.38. The van der Waals surface area contributed by atoms with Crippen LogP contribution in [-0.4, -0.2) is 34.7 Å². The third-order valence-electron chi connectivity index (χ3n) is 3.60. The molecule has 0 atom stereocenters. The van der Waals surface area contributed by atoms with Crippen molar-refractivity contribution in [2.24, 2.45) is 0 Å². The normalized spacial score (nSPS) is 16.9. The molecule has 1 fully saturated rings. The van der Waals surface area contributed by atoms with E-state index in [4.69, 9.17) is 4.74 Å². The lowest BCUT2D eigenvalue weighted by atomic mass is 9.87. The van der Waals surface area contributed by atoms with Crippen molar-refractivity contribution in [2.75, 3.05) is 6.54 Å². The maximum atomic E-state index is 12.4. The van der Waals surface area contributed by atoms with Crippen LogP contribution >= 0.6 is 11.8 Å². The first-order valence-electron chi connectivity index (χ1n) is 8.13. The minimum atomic E-state index is -0.590. The van der Waals surface area contributed by atoms with Gasteiger partial charge in [-0.05, 0) is 48.2 Å². The molecule has 2 amide bonds. The molecular formula is C19H23NO4S. The molecule has 1 aromatic carbocycles. The summed E-state index contributed by atoms with van der Waals surface area (Å²) in [6, 6.07) is 7.86. The van der Waals surface area contributed by atoms with Crippen molar-refractivity contribution in [1.82, 2.24) is 4.90 Å². The van der Waals surface area contributed by atoms with Gasteiger partial charge in [-0.15, -0.1) is 0 Å². The van der Waals surface area contributed by atoms with Crippen molar-refractivity contribution in [2.45, 2.75) is 46.1 Å². The lowest BCUT2D eigenvalue weighted by Gasteiger charge is -2.18. The second kappa shape index (κ2) is 7.44. The SMILES string of the molecule is CC(C)OC(=O)CN1C(=O)S/C(=C/c2ccc(C(C)(C)C)cc2)C1=O. The van der Waals surface area contributed by atoms with Crippen LogP contribution in [0.2, 0.25) is 0 Å². The maximum Gasteiger partial charge on any atom is 0.326 e. The Bertz CT molecular complexity index is 714. The smallest absolute Gasteiger partial charge is 0.326 e. The Morgan fingerprint density at radius 3 is 2.32 bits per heavy atom. The van der Waals surface area contributed by atoms with Gasteiger partial charge < -0.3 is 4.74 Å². The fourth-order valence-corrected chi connectivity index (χ4v) is 3.13. The van der Waals surface area contributed by atoms with Crippen LogP contribution in [-0.2, 0) is 19.7 Å². The van der Waals surface area contributed by atoms with Gasteiger partial charge in [0.05, 0.1) is 11.0 Å². The molecule has 0 N–H and O–H groups in total. The molecule has 0 unspecified atom stereocenters. The first kappa shape index (κ1) is 19.2. The van der Waals surface area contributed by atoms with Crippen LogP contribution in [0.4, 0.5) is 4.79 Å². The monoisotopic (exact) mass is 361 g/mol. The molecule has 0 aromatic heterocycles. The Kier molecular flexibility index (Phi) is 5.72. The maximum absolute atomic E-state index is 12.4. The number of amides is 2. The lowest BCUT2D eigenvalue weighted by Crippen LogP contribution is -2.35. The van der Waals surface area contributed by atoms with Crippen LogP contribution in [0.1, 0.15) is 45.7 Å². The fourth-order valence-electron chi connectivity index (χ4n) is 2.30. The third kappa shape index (κ3) is 4.95. The van der Waals surface area contributed by atoms with Gasteiger partial charge in [-0.2, -0.15) is 0 Å². The molecule has 1 heterocycles. The minimum absolute atomic E-state index is 0.0488. The van der Waals surface area contributed by atoms with E-state index in [0.717, 1.165) is 22.2 Å². The first-order chi connectivity index (χ1) is 11.6. The average molecular weight is 361 g/mol. The van der Waals surface area contributed by atoms with E-state index in [1.165, 1.54) is 5.56 Å². The fraction of sp³-hybridized carbons (Fsp3) is 0.421. The van der Waals surface area contributed by atoms with Crippen LogP contribution in [0.15, 0.2) is 29.2 Å². The van der Waals surface area contributed by atoms with Crippen LogP contribution in [0.5, 0.6) is 0 Å². The molecule has 0 bridgehead atoms. The number of rotatable bonds is 4. The van der Waals surface area contributed by atoms with E-state index in [9.17, 15) is 14.4 Å². The molecule has 0 aliphatic carbocycles. The van der Waals surface area contributed by atoms with Gasteiger partial charge in [0.15, 0.2) is 0 Å².